The molecular formula is C36H42N8O5SSi. The van der Waals surface area contributed by atoms with Crippen LogP contribution >= 0.6 is 0 Å². The highest BCUT2D eigenvalue weighted by Gasteiger charge is 2.41. The number of ether oxygens (including phenoxy) is 1. The van der Waals surface area contributed by atoms with Gasteiger partial charge in [-0.15, -0.1) is 4.53 Å². The summed E-state index contributed by atoms with van der Waals surface area (Å²) in [6, 6.07) is 29.4. The third-order valence-electron chi connectivity index (χ3n) is 8.28. The van der Waals surface area contributed by atoms with E-state index in [2.05, 4.69) is 44.8 Å². The number of hydrogen-bond acceptors (Lipinski definition) is 8. The lowest BCUT2D eigenvalue weighted by Gasteiger charge is -2.33. The van der Waals surface area contributed by atoms with Gasteiger partial charge in [0, 0.05) is 29.4 Å². The Morgan fingerprint density at radius 1 is 0.980 bits per heavy atom. The molecule has 2 N–H and O–H groups in total. The van der Waals surface area contributed by atoms with E-state index in [-0.39, 0.29) is 12.2 Å². The monoisotopic (exact) mass is 726 g/mol. The number of hydrogen-bond donors (Lipinski definition) is 2. The Morgan fingerprint density at radius 2 is 1.53 bits per heavy atom. The molecule has 2 heterocycles. The standard InChI is InChI=1S/C36H42N8O5SSi/c1-35(2,33(47)48-21-22-51(3,4)5)49-44-50-24-28(23-29(45)39-30-31(42-43-37)40-32(30)46)38-34(50)41-36(25-15-9-6-10-16-25,26-17-11-7-12-18-26)27-19-13-8-14-20-27/h6-20,30-31H,21-24H2,1-5H3,(H,39,45)(H,40,46)/t30-,31+,50?/m1/s1. The highest BCUT2D eigenvalue weighted by Crippen LogP contribution is 2.41. The minimum absolute atomic E-state index is 0.165. The van der Waals surface area contributed by atoms with Crippen molar-refractivity contribution < 1.29 is 24.0 Å². The van der Waals surface area contributed by atoms with Gasteiger partial charge in [-0.05, 0) is 42.1 Å². The Balaban J connectivity index is 1.56. The normalized spacial score (nSPS) is 19.8. The first-order valence-electron chi connectivity index (χ1n) is 16.6. The Labute approximate surface area is 300 Å². The maximum Gasteiger partial charge on any atom is 0.340 e. The molecule has 2 aliphatic heterocycles. The second-order valence-electron chi connectivity index (χ2n) is 13.9. The van der Waals surface area contributed by atoms with Crippen LogP contribution in [0.2, 0.25) is 25.7 Å². The molecule has 15 heteroatoms. The van der Waals surface area contributed by atoms with Gasteiger partial charge in [0.2, 0.25) is 11.8 Å². The van der Waals surface area contributed by atoms with E-state index in [1.54, 1.807) is 13.8 Å². The van der Waals surface area contributed by atoms with Crippen molar-refractivity contribution in [1.29, 1.82) is 0 Å². The molecule has 0 saturated carbocycles. The van der Waals surface area contributed by atoms with Gasteiger partial charge in [0.15, 0.2) is 10.8 Å². The largest absolute Gasteiger partial charge is 0.464 e. The molecule has 2 amide bonds. The second kappa shape index (κ2) is 15.9. The number of benzene rings is 3. The second-order valence-corrected chi connectivity index (χ2v) is 21.0. The molecule has 1 fully saturated rings. The maximum atomic E-state index is 13.2. The minimum Gasteiger partial charge on any atom is -0.464 e. The molecule has 2 aliphatic rings. The Kier molecular flexibility index (Phi) is 11.7. The van der Waals surface area contributed by atoms with Gasteiger partial charge in [0.1, 0.15) is 17.7 Å². The van der Waals surface area contributed by atoms with Crippen molar-refractivity contribution in [2.24, 2.45) is 19.6 Å². The quantitative estimate of drug-likeness (QED) is 0.0310. The van der Waals surface area contributed by atoms with Gasteiger partial charge in [0.25, 0.3) is 0 Å². The Morgan fingerprint density at radius 3 is 2.02 bits per heavy atom. The van der Waals surface area contributed by atoms with Gasteiger partial charge in [-0.25, -0.2) is 19.6 Å². The van der Waals surface area contributed by atoms with Crippen LogP contribution in [-0.2, 0) is 40.2 Å². The van der Waals surface area contributed by atoms with Crippen LogP contribution < -0.4 is 10.6 Å². The lowest BCUT2D eigenvalue weighted by molar-refractivity contribution is -0.167. The number of carbonyl (C=O) groups is 3. The van der Waals surface area contributed by atoms with Crippen LogP contribution in [0.3, 0.4) is 0 Å². The number of aliphatic imine (C=N–C) groups is 2. The van der Waals surface area contributed by atoms with Crippen LogP contribution in [0, 0.1) is 0 Å². The average Bonchev–Trinajstić information content (AvgIpc) is 3.49. The molecule has 1 unspecified atom stereocenters. The van der Waals surface area contributed by atoms with Crippen molar-refractivity contribution in [2.75, 3.05) is 12.4 Å². The number of carbonyl (C=O) groups excluding carboxylic acids is 3. The summed E-state index contributed by atoms with van der Waals surface area (Å²) in [5.41, 5.74) is 9.43. The predicted octanol–water partition coefficient (Wildman–Crippen LogP) is 5.82. The molecular weight excluding hydrogens is 685 g/mol. The Hall–Kier alpha value is -4.95. The van der Waals surface area contributed by atoms with Crippen molar-refractivity contribution in [3.63, 3.8) is 0 Å². The fourth-order valence-electron chi connectivity index (χ4n) is 5.42. The van der Waals surface area contributed by atoms with E-state index in [1.807, 2.05) is 91.0 Å². The summed E-state index contributed by atoms with van der Waals surface area (Å²) in [5, 5.41) is 8.91. The van der Waals surface area contributed by atoms with Gasteiger partial charge in [-0.3, -0.25) is 9.59 Å². The predicted molar refractivity (Wildman–Crippen MR) is 201 cm³/mol. The first kappa shape index (κ1) is 37.3. The molecule has 0 bridgehead atoms. The van der Waals surface area contributed by atoms with Crippen LogP contribution in [0.15, 0.2) is 111 Å². The number of nitrogens with one attached hydrogen (secondary N) is 2. The molecule has 0 spiro atoms. The highest BCUT2D eigenvalue weighted by atomic mass is 32.2. The zero-order chi connectivity index (χ0) is 36.6. The minimum atomic E-state index is -1.43. The lowest BCUT2D eigenvalue weighted by Crippen LogP contribution is -2.68. The summed E-state index contributed by atoms with van der Waals surface area (Å²) in [6.07, 6.45) is -1.04. The summed E-state index contributed by atoms with van der Waals surface area (Å²) >= 11 is 0. The molecule has 1 saturated heterocycles. The third kappa shape index (κ3) is 9.05. The van der Waals surface area contributed by atoms with E-state index in [4.69, 9.17) is 25.1 Å². The number of β-lactam (4-membered cyclic amide) rings is 1. The summed E-state index contributed by atoms with van der Waals surface area (Å²) in [7, 11) is -2.59. The number of rotatable bonds is 14. The van der Waals surface area contributed by atoms with Crippen molar-refractivity contribution >= 4 is 47.4 Å². The van der Waals surface area contributed by atoms with Crippen molar-refractivity contribution in [3.8, 4) is 0 Å². The fraction of sp³-hybridized carbons (Fsp3) is 0.361. The number of nitrogens with zero attached hydrogens (tertiary/aromatic N) is 6. The van der Waals surface area contributed by atoms with Gasteiger partial charge in [-0.1, -0.05) is 116 Å². The van der Waals surface area contributed by atoms with E-state index < -0.39 is 59.9 Å². The molecule has 51 heavy (non-hydrogen) atoms. The summed E-state index contributed by atoms with van der Waals surface area (Å²) in [4.78, 5) is 57.3. The van der Waals surface area contributed by atoms with E-state index in [0.29, 0.717) is 17.5 Å². The number of amidine groups is 1. The topological polar surface area (TPSA) is 180 Å². The molecule has 0 radical (unpaired) electrons. The average molecular weight is 727 g/mol. The fourth-order valence-corrected chi connectivity index (χ4v) is 7.61. The van der Waals surface area contributed by atoms with E-state index in [0.717, 1.165) is 22.7 Å². The number of amides is 2. The van der Waals surface area contributed by atoms with Crippen LogP contribution in [0.25, 0.3) is 10.4 Å². The van der Waals surface area contributed by atoms with Crippen LogP contribution in [0.5, 0.6) is 0 Å². The van der Waals surface area contributed by atoms with Crippen molar-refractivity contribution in [3.05, 3.63) is 118 Å². The molecule has 13 nitrogen and oxygen atoms in total. The third-order valence-corrected chi connectivity index (χ3v) is 11.5. The number of esters is 1. The summed E-state index contributed by atoms with van der Waals surface area (Å²) < 4.78 is 10.1. The van der Waals surface area contributed by atoms with E-state index in [9.17, 15) is 14.4 Å². The SMILES string of the molecule is CC(C)(ON=S1CC(CC(=O)N[C@H]2C(=O)N[C@H]2N=[N+]=[N-])=NC1=NC(c1ccccc1)(c1ccccc1)c1ccccc1)C(=O)OCC[Si](C)(C)C. The first-order valence-corrected chi connectivity index (χ1v) is 21.6. The van der Waals surface area contributed by atoms with Crippen LogP contribution in [0.1, 0.15) is 37.0 Å². The van der Waals surface area contributed by atoms with E-state index >= 15 is 0 Å². The molecule has 266 valence electrons. The smallest absolute Gasteiger partial charge is 0.340 e. The van der Waals surface area contributed by atoms with Crippen molar-refractivity contribution in [1.82, 2.24) is 10.6 Å². The van der Waals surface area contributed by atoms with Gasteiger partial charge >= 0.3 is 5.97 Å². The maximum absolute atomic E-state index is 13.2. The lowest BCUT2D eigenvalue weighted by atomic mass is 9.77. The van der Waals surface area contributed by atoms with Gasteiger partial charge in [0.05, 0.1) is 18.8 Å². The Bertz CT molecular complexity index is 1800. The number of azide groups is 1. The molecule has 3 atom stereocenters. The van der Waals surface area contributed by atoms with Gasteiger partial charge < -0.3 is 15.4 Å². The molecule has 5 rings (SSSR count). The highest BCUT2D eigenvalue weighted by molar-refractivity contribution is 8.03. The van der Waals surface area contributed by atoms with Crippen LogP contribution in [-0.4, -0.2) is 66.9 Å². The summed E-state index contributed by atoms with van der Waals surface area (Å²) in [5.74, 6) is -1.27. The summed E-state index contributed by atoms with van der Waals surface area (Å²) in [6.45, 7) is 10.1. The first-order chi connectivity index (χ1) is 24.3. The van der Waals surface area contributed by atoms with Gasteiger partial charge in [-0.2, -0.15) is 0 Å². The molecule has 3 aromatic carbocycles. The zero-order valence-corrected chi connectivity index (χ0v) is 31.1. The molecule has 0 aliphatic carbocycles. The van der Waals surface area contributed by atoms with Crippen LogP contribution in [0.4, 0.5) is 0 Å². The van der Waals surface area contributed by atoms with Crippen molar-refractivity contribution in [2.45, 2.75) is 69.3 Å². The molecule has 0 aromatic heterocycles. The zero-order valence-electron chi connectivity index (χ0n) is 29.3. The molecule has 3 aromatic rings. The van der Waals surface area contributed by atoms with E-state index in [1.165, 1.54) is 0 Å².